The number of anilines is 1. The Hall–Kier alpha value is -0.700. The minimum absolute atomic E-state index is 0.160. The zero-order valence-corrected chi connectivity index (χ0v) is 18.1. The molecule has 4 N–H and O–H groups in total. The number of rotatable bonds is 4. The molecule has 3 aromatic heterocycles. The molecule has 0 aromatic carbocycles. The van der Waals surface area contributed by atoms with Crippen LogP contribution < -0.4 is 16.4 Å². The van der Waals surface area contributed by atoms with Gasteiger partial charge in [0.25, 0.3) is 0 Å². The molecule has 1 aliphatic heterocycles. The van der Waals surface area contributed by atoms with E-state index in [2.05, 4.69) is 49.1 Å². The molecule has 4 nitrogen and oxygen atoms in total. The van der Waals surface area contributed by atoms with Gasteiger partial charge >= 0.3 is 0 Å². The van der Waals surface area contributed by atoms with E-state index in [4.69, 9.17) is 17.3 Å². The monoisotopic (exact) mass is 470 g/mol. The van der Waals surface area contributed by atoms with Gasteiger partial charge in [-0.15, -0.1) is 22.7 Å². The topological polar surface area (TPSA) is 63.0 Å². The number of aromatic nitrogens is 1. The normalized spacial score (nSPS) is 21.0. The van der Waals surface area contributed by atoms with E-state index in [-0.39, 0.29) is 6.04 Å². The van der Waals surface area contributed by atoms with E-state index in [9.17, 15) is 0 Å². The molecule has 4 rings (SSSR count). The van der Waals surface area contributed by atoms with Gasteiger partial charge < -0.3 is 16.4 Å². The van der Waals surface area contributed by atoms with Crippen LogP contribution in [0, 0.1) is 0 Å². The molecule has 0 bridgehead atoms. The fourth-order valence-electron chi connectivity index (χ4n) is 3.38. The molecule has 26 heavy (non-hydrogen) atoms. The number of fused-ring (bicyclic) bond motifs is 1. The lowest BCUT2D eigenvalue weighted by Gasteiger charge is -2.19. The van der Waals surface area contributed by atoms with Crippen molar-refractivity contribution in [2.24, 2.45) is 5.73 Å². The quantitative estimate of drug-likeness (QED) is 0.459. The lowest BCUT2D eigenvalue weighted by Crippen LogP contribution is -2.28. The van der Waals surface area contributed by atoms with Crippen LogP contribution in [0.25, 0.3) is 10.2 Å². The third-order valence-corrected chi connectivity index (χ3v) is 8.23. The Kier molecular flexibility index (Phi) is 5.83. The van der Waals surface area contributed by atoms with E-state index in [0.29, 0.717) is 11.1 Å². The Balaban J connectivity index is 1.72. The van der Waals surface area contributed by atoms with Gasteiger partial charge in [0.15, 0.2) is 0 Å². The minimum atomic E-state index is 0.160. The maximum absolute atomic E-state index is 6.48. The molecule has 1 fully saturated rings. The molecule has 2 atom stereocenters. The summed E-state index contributed by atoms with van der Waals surface area (Å²) < 4.78 is 2.18. The SMILES string of the molecule is N[C@H]1CCNCC[C@H]1c1sc2c(NCc3cccs3)cc(Cl)nc2c1Br. The van der Waals surface area contributed by atoms with Crippen LogP contribution in [0.15, 0.2) is 28.1 Å². The number of thiophene rings is 2. The zero-order chi connectivity index (χ0) is 18.1. The van der Waals surface area contributed by atoms with E-state index in [1.54, 1.807) is 22.7 Å². The first-order valence-corrected chi connectivity index (χ1v) is 11.5. The van der Waals surface area contributed by atoms with Gasteiger partial charge in [0.05, 0.1) is 20.4 Å². The van der Waals surface area contributed by atoms with Crippen molar-refractivity contribution in [3.63, 3.8) is 0 Å². The summed E-state index contributed by atoms with van der Waals surface area (Å²) in [7, 11) is 0. The summed E-state index contributed by atoms with van der Waals surface area (Å²) in [4.78, 5) is 7.15. The van der Waals surface area contributed by atoms with Gasteiger partial charge in [-0.05, 0) is 53.3 Å². The van der Waals surface area contributed by atoms with Gasteiger partial charge in [-0.2, -0.15) is 0 Å². The second-order valence-corrected chi connectivity index (χ2v) is 9.75. The fourth-order valence-corrected chi connectivity index (χ4v) is 6.51. The summed E-state index contributed by atoms with van der Waals surface area (Å²) in [5, 5.41) is 9.57. The van der Waals surface area contributed by atoms with E-state index >= 15 is 0 Å². The second kappa shape index (κ2) is 8.12. The third-order valence-electron chi connectivity index (χ3n) is 4.75. The first kappa shape index (κ1) is 18.7. The summed E-state index contributed by atoms with van der Waals surface area (Å²) >= 11 is 13.6. The molecule has 1 aliphatic rings. The first-order chi connectivity index (χ1) is 12.6. The smallest absolute Gasteiger partial charge is 0.131 e. The first-order valence-electron chi connectivity index (χ1n) is 8.64. The molecule has 3 aromatic rings. The van der Waals surface area contributed by atoms with Crippen molar-refractivity contribution in [3.8, 4) is 0 Å². The van der Waals surface area contributed by atoms with Crippen molar-refractivity contribution in [2.45, 2.75) is 31.3 Å². The van der Waals surface area contributed by atoms with Crippen molar-refractivity contribution in [1.82, 2.24) is 10.3 Å². The number of pyridine rings is 1. The van der Waals surface area contributed by atoms with Crippen LogP contribution >= 0.6 is 50.2 Å². The number of hydrogen-bond acceptors (Lipinski definition) is 6. The average molecular weight is 472 g/mol. The van der Waals surface area contributed by atoms with Crippen LogP contribution in [0.3, 0.4) is 0 Å². The summed E-state index contributed by atoms with van der Waals surface area (Å²) in [6.45, 7) is 2.76. The van der Waals surface area contributed by atoms with Crippen molar-refractivity contribution in [1.29, 1.82) is 0 Å². The van der Waals surface area contributed by atoms with Crippen molar-refractivity contribution >= 4 is 66.1 Å². The molecular formula is C18H20BrClN4S2. The highest BCUT2D eigenvalue weighted by atomic mass is 79.9. The Morgan fingerprint density at radius 3 is 3.04 bits per heavy atom. The van der Waals surface area contributed by atoms with E-state index in [0.717, 1.165) is 52.9 Å². The summed E-state index contributed by atoms with van der Waals surface area (Å²) in [6, 6.07) is 6.27. The Labute approximate surface area is 174 Å². The average Bonchev–Trinajstić information content (AvgIpc) is 3.19. The summed E-state index contributed by atoms with van der Waals surface area (Å²) in [5.41, 5.74) is 8.44. The molecule has 8 heteroatoms. The van der Waals surface area contributed by atoms with Crippen molar-refractivity contribution in [2.75, 3.05) is 18.4 Å². The number of hydrogen-bond donors (Lipinski definition) is 3. The number of nitrogens with one attached hydrogen (secondary N) is 2. The van der Waals surface area contributed by atoms with Gasteiger partial charge in [-0.25, -0.2) is 4.98 Å². The molecule has 4 heterocycles. The summed E-state index contributed by atoms with van der Waals surface area (Å²) in [6.07, 6.45) is 2.03. The highest BCUT2D eigenvalue weighted by molar-refractivity contribution is 9.10. The van der Waals surface area contributed by atoms with Gasteiger partial charge in [-0.1, -0.05) is 17.7 Å². The molecule has 0 saturated carbocycles. The van der Waals surface area contributed by atoms with Crippen LogP contribution in [0.5, 0.6) is 0 Å². The highest BCUT2D eigenvalue weighted by Crippen LogP contribution is 2.45. The Bertz CT molecular complexity index is 896. The molecule has 138 valence electrons. The second-order valence-electron chi connectivity index (χ2n) is 6.48. The predicted octanol–water partition coefficient (Wildman–Crippen LogP) is 5.18. The molecule has 1 saturated heterocycles. The van der Waals surface area contributed by atoms with Gasteiger partial charge in [-0.3, -0.25) is 0 Å². The predicted molar refractivity (Wildman–Crippen MR) is 117 cm³/mol. The highest BCUT2D eigenvalue weighted by Gasteiger charge is 2.27. The van der Waals surface area contributed by atoms with Crippen LogP contribution in [0.1, 0.15) is 28.5 Å². The van der Waals surface area contributed by atoms with E-state index < -0.39 is 0 Å². The lowest BCUT2D eigenvalue weighted by molar-refractivity contribution is 0.524. The molecular weight excluding hydrogens is 452 g/mol. The molecule has 0 aliphatic carbocycles. The number of nitrogens with zero attached hydrogens (tertiary/aromatic N) is 1. The Morgan fingerprint density at radius 1 is 1.38 bits per heavy atom. The largest absolute Gasteiger partial charge is 0.379 e. The van der Waals surface area contributed by atoms with Crippen LogP contribution in [0.4, 0.5) is 5.69 Å². The molecule has 0 amide bonds. The van der Waals surface area contributed by atoms with Gasteiger partial charge in [0, 0.05) is 34.3 Å². The fraction of sp³-hybridized carbons (Fsp3) is 0.389. The third kappa shape index (κ3) is 3.79. The van der Waals surface area contributed by atoms with Crippen LogP contribution in [-0.2, 0) is 6.54 Å². The standard InChI is InChI=1S/C18H20BrClN4S2/c19-15-16-18(26-17(15)11-3-5-22-6-4-12(11)21)13(8-14(20)24-16)23-9-10-2-1-7-25-10/h1-2,7-8,11-12,22H,3-6,9,21H2,(H,23,24)/t11-,12+/m1/s1. The maximum atomic E-state index is 6.48. The van der Waals surface area contributed by atoms with Crippen molar-refractivity contribution in [3.05, 3.63) is 43.0 Å². The molecule has 0 unspecified atom stereocenters. The van der Waals surface area contributed by atoms with Crippen LogP contribution in [0.2, 0.25) is 5.15 Å². The van der Waals surface area contributed by atoms with Crippen molar-refractivity contribution < 1.29 is 0 Å². The number of nitrogens with two attached hydrogens (primary N) is 1. The lowest BCUT2D eigenvalue weighted by atomic mass is 9.94. The number of halogens is 2. The van der Waals surface area contributed by atoms with E-state index in [1.165, 1.54) is 9.75 Å². The zero-order valence-electron chi connectivity index (χ0n) is 14.1. The Morgan fingerprint density at radius 2 is 2.23 bits per heavy atom. The van der Waals surface area contributed by atoms with Crippen LogP contribution in [-0.4, -0.2) is 24.1 Å². The summed E-state index contributed by atoms with van der Waals surface area (Å²) in [5.74, 6) is 0.336. The van der Waals surface area contributed by atoms with Gasteiger partial charge in [0.2, 0.25) is 0 Å². The molecule has 0 radical (unpaired) electrons. The van der Waals surface area contributed by atoms with Gasteiger partial charge in [0.1, 0.15) is 5.15 Å². The molecule has 0 spiro atoms. The van der Waals surface area contributed by atoms with E-state index in [1.807, 2.05) is 6.07 Å². The minimum Gasteiger partial charge on any atom is -0.379 e. The maximum Gasteiger partial charge on any atom is 0.131 e.